The van der Waals surface area contributed by atoms with Gasteiger partial charge in [0.25, 0.3) is 6.47 Å². The zero-order chi connectivity index (χ0) is 20.3. The molecule has 3 heterocycles. The fourth-order valence-electron chi connectivity index (χ4n) is 3.77. The van der Waals surface area contributed by atoms with Crippen molar-refractivity contribution in [3.05, 3.63) is 59.0 Å². The number of amides is 1. The third-order valence-electron chi connectivity index (χ3n) is 4.91. The highest BCUT2D eigenvalue weighted by Gasteiger charge is 2.33. The van der Waals surface area contributed by atoms with Crippen LogP contribution in [0, 0.1) is 13.8 Å². The van der Waals surface area contributed by atoms with Crippen LogP contribution in [0.15, 0.2) is 36.5 Å². The summed E-state index contributed by atoms with van der Waals surface area (Å²) < 4.78 is 3.80. The second kappa shape index (κ2) is 8.08. The quantitative estimate of drug-likeness (QED) is 0.679. The summed E-state index contributed by atoms with van der Waals surface area (Å²) in [5.41, 5.74) is 5.23. The summed E-state index contributed by atoms with van der Waals surface area (Å²) >= 11 is 0. The largest absolute Gasteiger partial charge is 0.483 e. The molecule has 0 saturated carbocycles. The number of nitrogens with one attached hydrogen (secondary N) is 1. The summed E-state index contributed by atoms with van der Waals surface area (Å²) in [6.45, 7) is 6.74. The monoisotopic (exact) mass is 381 g/mol. The van der Waals surface area contributed by atoms with Gasteiger partial charge in [0, 0.05) is 35.7 Å². The molecule has 0 fully saturated rings. The third-order valence-corrected chi connectivity index (χ3v) is 4.91. The van der Waals surface area contributed by atoms with E-state index >= 15 is 0 Å². The van der Waals surface area contributed by atoms with Gasteiger partial charge in [-0.25, -0.2) is 4.68 Å². The van der Waals surface area contributed by atoms with E-state index in [0.717, 1.165) is 40.6 Å². The van der Waals surface area contributed by atoms with Crippen LogP contribution < -0.4 is 5.32 Å². The Kier molecular flexibility index (Phi) is 5.58. The van der Waals surface area contributed by atoms with E-state index < -0.39 is 0 Å². The van der Waals surface area contributed by atoms with E-state index in [2.05, 4.69) is 29.4 Å². The molecule has 146 valence electrons. The van der Waals surface area contributed by atoms with E-state index in [1.165, 1.54) is 0 Å². The third kappa shape index (κ3) is 3.40. The van der Waals surface area contributed by atoms with Crippen molar-refractivity contribution in [2.45, 2.75) is 39.7 Å². The maximum atomic E-state index is 12.4. The first-order valence-electron chi connectivity index (χ1n) is 9.06. The summed E-state index contributed by atoms with van der Waals surface area (Å²) in [5, 5.41) is 19.1. The van der Waals surface area contributed by atoms with Crippen molar-refractivity contribution in [2.24, 2.45) is 0 Å². The van der Waals surface area contributed by atoms with Crippen molar-refractivity contribution in [3.8, 4) is 5.69 Å². The minimum absolute atomic E-state index is 0.0122. The number of aryl methyl sites for hydroxylation is 2. The van der Waals surface area contributed by atoms with E-state index in [-0.39, 0.29) is 18.3 Å². The fraction of sp³-hybridized carbons (Fsp3) is 0.300. The summed E-state index contributed by atoms with van der Waals surface area (Å²) in [7, 11) is 0. The van der Waals surface area contributed by atoms with Crippen molar-refractivity contribution in [1.29, 1.82) is 0 Å². The SMILES string of the molecule is CCn1nc(C)c(C2CC(=O)Nc3c2cnn3-c2ccccc2)c1C.O=CO. The van der Waals surface area contributed by atoms with Gasteiger partial charge >= 0.3 is 0 Å². The Morgan fingerprint density at radius 3 is 2.57 bits per heavy atom. The number of carbonyl (C=O) groups is 2. The van der Waals surface area contributed by atoms with E-state index in [9.17, 15) is 4.79 Å². The molecule has 0 aliphatic carbocycles. The zero-order valence-corrected chi connectivity index (χ0v) is 16.1. The Morgan fingerprint density at radius 1 is 1.29 bits per heavy atom. The Morgan fingerprint density at radius 2 is 1.96 bits per heavy atom. The van der Waals surface area contributed by atoms with Crippen LogP contribution in [-0.4, -0.2) is 37.0 Å². The molecule has 1 aliphatic heterocycles. The van der Waals surface area contributed by atoms with Crippen LogP contribution in [0.5, 0.6) is 0 Å². The molecule has 3 aromatic rings. The summed E-state index contributed by atoms with van der Waals surface area (Å²) in [6.07, 6.45) is 2.29. The van der Waals surface area contributed by atoms with Gasteiger partial charge in [-0.1, -0.05) is 18.2 Å². The van der Waals surface area contributed by atoms with Crippen LogP contribution in [0.25, 0.3) is 5.69 Å². The average Bonchev–Trinajstić information content (AvgIpc) is 3.23. The van der Waals surface area contributed by atoms with Crippen molar-refractivity contribution >= 4 is 18.2 Å². The predicted molar refractivity (Wildman–Crippen MR) is 105 cm³/mol. The van der Waals surface area contributed by atoms with Gasteiger partial charge in [0.15, 0.2) is 0 Å². The van der Waals surface area contributed by atoms with Gasteiger partial charge in [-0.3, -0.25) is 14.3 Å². The molecule has 1 unspecified atom stereocenters. The molecule has 2 aromatic heterocycles. The van der Waals surface area contributed by atoms with Gasteiger partial charge < -0.3 is 10.4 Å². The lowest BCUT2D eigenvalue weighted by atomic mass is 9.86. The molecule has 0 bridgehead atoms. The van der Waals surface area contributed by atoms with E-state index in [0.29, 0.717) is 6.42 Å². The summed E-state index contributed by atoms with van der Waals surface area (Å²) in [6, 6.07) is 9.85. The number of fused-ring (bicyclic) bond motifs is 1. The van der Waals surface area contributed by atoms with Crippen LogP contribution in [0.1, 0.15) is 41.8 Å². The average molecular weight is 381 g/mol. The molecule has 2 N–H and O–H groups in total. The molecular weight excluding hydrogens is 358 g/mol. The number of hydrogen-bond acceptors (Lipinski definition) is 4. The van der Waals surface area contributed by atoms with Gasteiger partial charge in [-0.2, -0.15) is 10.2 Å². The molecular formula is C20H23N5O3. The maximum absolute atomic E-state index is 12.4. The number of rotatable bonds is 3. The molecule has 0 radical (unpaired) electrons. The van der Waals surface area contributed by atoms with Gasteiger partial charge in [0.05, 0.1) is 17.6 Å². The second-order valence-electron chi connectivity index (χ2n) is 6.51. The predicted octanol–water partition coefficient (Wildman–Crippen LogP) is 2.88. The van der Waals surface area contributed by atoms with Crippen LogP contribution >= 0.6 is 0 Å². The first-order valence-corrected chi connectivity index (χ1v) is 9.06. The first-order chi connectivity index (χ1) is 13.5. The molecule has 1 aliphatic rings. The highest BCUT2D eigenvalue weighted by atomic mass is 16.3. The standard InChI is InChI=1S/C19H21N5O.CH2O2/c1-4-23-13(3)18(12(2)22-23)15-10-17(25)21-19-16(15)11-20-24(19)14-8-6-5-7-9-14;2-1-3/h5-9,11,15H,4,10H2,1-3H3,(H,21,25);1H,(H,2,3). The number of nitrogens with zero attached hydrogens (tertiary/aromatic N) is 4. The lowest BCUT2D eigenvalue weighted by molar-refractivity contribution is -0.123. The molecule has 1 aromatic carbocycles. The van der Waals surface area contributed by atoms with E-state index in [4.69, 9.17) is 9.90 Å². The number of para-hydroxylation sites is 1. The van der Waals surface area contributed by atoms with Crippen LogP contribution in [0.3, 0.4) is 0 Å². The van der Waals surface area contributed by atoms with Crippen molar-refractivity contribution in [2.75, 3.05) is 5.32 Å². The Labute approximate surface area is 162 Å². The number of carboxylic acid groups (broad SMARTS) is 1. The lowest BCUT2D eigenvalue weighted by Gasteiger charge is -2.24. The van der Waals surface area contributed by atoms with E-state index in [1.807, 2.05) is 48.1 Å². The van der Waals surface area contributed by atoms with Crippen molar-refractivity contribution in [3.63, 3.8) is 0 Å². The minimum atomic E-state index is -0.250. The molecule has 28 heavy (non-hydrogen) atoms. The number of benzene rings is 1. The zero-order valence-electron chi connectivity index (χ0n) is 16.1. The summed E-state index contributed by atoms with van der Waals surface area (Å²) in [5.74, 6) is 0.759. The molecule has 0 spiro atoms. The topological polar surface area (TPSA) is 102 Å². The Hall–Kier alpha value is -3.42. The van der Waals surface area contributed by atoms with Crippen LogP contribution in [0.4, 0.5) is 5.82 Å². The van der Waals surface area contributed by atoms with E-state index in [1.54, 1.807) is 4.68 Å². The number of hydrogen-bond donors (Lipinski definition) is 2. The number of aromatic nitrogens is 4. The minimum Gasteiger partial charge on any atom is -0.483 e. The number of anilines is 1. The van der Waals surface area contributed by atoms with Gasteiger partial charge in [0.1, 0.15) is 5.82 Å². The normalized spacial score (nSPS) is 15.2. The van der Waals surface area contributed by atoms with Crippen LogP contribution in [-0.2, 0) is 16.1 Å². The first kappa shape index (κ1) is 19.3. The summed E-state index contributed by atoms with van der Waals surface area (Å²) in [4.78, 5) is 20.8. The van der Waals surface area contributed by atoms with Gasteiger partial charge in [-0.05, 0) is 32.9 Å². The highest BCUT2D eigenvalue weighted by molar-refractivity contribution is 5.94. The fourth-order valence-corrected chi connectivity index (χ4v) is 3.77. The van der Waals surface area contributed by atoms with Crippen molar-refractivity contribution < 1.29 is 14.7 Å². The van der Waals surface area contributed by atoms with Gasteiger partial charge in [0.2, 0.25) is 5.91 Å². The molecule has 4 rings (SSSR count). The highest BCUT2D eigenvalue weighted by Crippen LogP contribution is 2.40. The van der Waals surface area contributed by atoms with Crippen molar-refractivity contribution in [1.82, 2.24) is 19.6 Å². The maximum Gasteiger partial charge on any atom is 0.290 e. The van der Waals surface area contributed by atoms with Crippen LogP contribution in [0.2, 0.25) is 0 Å². The second-order valence-corrected chi connectivity index (χ2v) is 6.51. The molecule has 8 heteroatoms. The lowest BCUT2D eigenvalue weighted by Crippen LogP contribution is -2.25. The molecule has 1 amide bonds. The van der Waals surface area contributed by atoms with Gasteiger partial charge in [-0.15, -0.1) is 0 Å². The molecule has 1 atom stereocenters. The Balaban J connectivity index is 0.000000706. The molecule has 8 nitrogen and oxygen atoms in total. The smallest absolute Gasteiger partial charge is 0.290 e. The Bertz CT molecular complexity index is 991. The number of carbonyl (C=O) groups excluding carboxylic acids is 1. The molecule has 0 saturated heterocycles.